The normalized spacial score (nSPS) is 10.6. The first-order valence-corrected chi connectivity index (χ1v) is 6.85. The molecule has 0 radical (unpaired) electrons. The second-order valence-electron chi connectivity index (χ2n) is 4.13. The van der Waals surface area contributed by atoms with Crippen LogP contribution in [0.4, 0.5) is 0 Å². The maximum atomic E-state index is 11.0. The van der Waals surface area contributed by atoms with Crippen molar-refractivity contribution in [3.63, 3.8) is 0 Å². The van der Waals surface area contributed by atoms with Gasteiger partial charge in [-0.3, -0.25) is 4.68 Å². The van der Waals surface area contributed by atoms with E-state index in [1.807, 2.05) is 14.0 Å². The molecule has 20 heavy (non-hydrogen) atoms. The smallest absolute Gasteiger partial charge is 0.358 e. The molecule has 2 heterocycles. The number of carboxylic acids is 1. The fourth-order valence-corrected chi connectivity index (χ4v) is 2.52. The topological polar surface area (TPSA) is 77.2 Å². The van der Waals surface area contributed by atoms with Gasteiger partial charge in [0.1, 0.15) is 6.61 Å². The van der Waals surface area contributed by atoms with Gasteiger partial charge in [0.2, 0.25) is 0 Å². The van der Waals surface area contributed by atoms with Crippen LogP contribution in [0.3, 0.4) is 0 Å². The van der Waals surface area contributed by atoms with E-state index in [2.05, 4.69) is 26.0 Å². The minimum absolute atomic E-state index is 0.0958. The summed E-state index contributed by atoms with van der Waals surface area (Å²) in [4.78, 5) is 14.8. The third-order valence-corrected chi connectivity index (χ3v) is 3.76. The highest BCUT2D eigenvalue weighted by Gasteiger charge is 2.16. The quantitative estimate of drug-likeness (QED) is 0.905. The number of rotatable bonds is 5. The molecule has 0 aliphatic carbocycles. The van der Waals surface area contributed by atoms with Crippen molar-refractivity contribution in [2.45, 2.75) is 20.0 Å². The first kappa shape index (κ1) is 14.5. The molecule has 106 valence electrons. The van der Waals surface area contributed by atoms with Gasteiger partial charge in [0.05, 0.1) is 15.9 Å². The lowest BCUT2D eigenvalue weighted by Gasteiger charge is -2.08. The summed E-state index contributed by atoms with van der Waals surface area (Å²) in [6.45, 7) is 2.23. The summed E-state index contributed by atoms with van der Waals surface area (Å²) in [5.41, 5.74) is 1.69. The van der Waals surface area contributed by atoms with Crippen molar-refractivity contribution in [3.05, 3.63) is 39.9 Å². The highest BCUT2D eigenvalue weighted by Crippen LogP contribution is 2.24. The van der Waals surface area contributed by atoms with E-state index in [1.54, 1.807) is 16.8 Å². The second-order valence-corrected chi connectivity index (χ2v) is 4.92. The molecule has 2 rings (SSSR count). The zero-order valence-electron chi connectivity index (χ0n) is 11.1. The van der Waals surface area contributed by atoms with E-state index in [1.165, 1.54) is 6.20 Å². The summed E-state index contributed by atoms with van der Waals surface area (Å²) in [6.07, 6.45) is 2.23. The Morgan fingerprint density at radius 2 is 2.30 bits per heavy atom. The highest BCUT2D eigenvalue weighted by molar-refractivity contribution is 9.10. The molecular weight excluding hydrogens is 326 g/mol. The zero-order valence-corrected chi connectivity index (χ0v) is 12.7. The Kier molecular flexibility index (Phi) is 4.39. The van der Waals surface area contributed by atoms with E-state index >= 15 is 0 Å². The van der Waals surface area contributed by atoms with Gasteiger partial charge in [-0.2, -0.15) is 5.10 Å². The maximum Gasteiger partial charge on any atom is 0.358 e. The van der Waals surface area contributed by atoms with Crippen LogP contribution in [0.25, 0.3) is 0 Å². The van der Waals surface area contributed by atoms with E-state index in [4.69, 9.17) is 9.84 Å². The fraction of sp³-hybridized carbons (Fsp3) is 0.308. The lowest BCUT2D eigenvalue weighted by atomic mass is 10.3. The molecule has 2 aromatic heterocycles. The third-order valence-electron chi connectivity index (χ3n) is 2.84. The number of nitrogens with zero attached hydrogens (tertiary/aromatic N) is 3. The van der Waals surface area contributed by atoms with Gasteiger partial charge in [0.25, 0.3) is 0 Å². The Balaban J connectivity index is 2.21. The number of ether oxygens (including phenoxy) is 1. The monoisotopic (exact) mass is 339 g/mol. The van der Waals surface area contributed by atoms with Crippen molar-refractivity contribution in [2.75, 3.05) is 0 Å². The highest BCUT2D eigenvalue weighted by atomic mass is 79.9. The lowest BCUT2D eigenvalue weighted by molar-refractivity contribution is 0.0684. The Hall–Kier alpha value is -1.89. The number of aryl methyl sites for hydroxylation is 2. The summed E-state index contributed by atoms with van der Waals surface area (Å²) < 4.78 is 8.18. The molecule has 0 saturated carbocycles. The van der Waals surface area contributed by atoms with E-state index < -0.39 is 5.97 Å². The fourth-order valence-electron chi connectivity index (χ4n) is 1.79. The first-order chi connectivity index (χ1) is 9.54. The number of carbonyl (C=O) groups is 1. The van der Waals surface area contributed by atoms with Crippen LogP contribution in [0.15, 0.2) is 22.8 Å². The molecule has 0 aliphatic heterocycles. The summed E-state index contributed by atoms with van der Waals surface area (Å²) >= 11 is 3.49. The Labute approximate surface area is 124 Å². The number of hydrogen-bond donors (Lipinski definition) is 1. The van der Waals surface area contributed by atoms with E-state index in [-0.39, 0.29) is 18.1 Å². The summed E-state index contributed by atoms with van der Waals surface area (Å²) in [7, 11) is 1.82. The molecule has 0 amide bonds. The molecule has 1 N–H and O–H groups in total. The summed E-state index contributed by atoms with van der Waals surface area (Å²) in [5.74, 6) is -0.870. The third kappa shape index (κ3) is 2.82. The van der Waals surface area contributed by atoms with Gasteiger partial charge in [-0.15, -0.1) is 0 Å². The number of pyridine rings is 1. The molecule has 0 aliphatic rings. The Morgan fingerprint density at radius 3 is 2.90 bits per heavy atom. The molecular formula is C13H14BrN3O3. The molecule has 2 aromatic rings. The number of halogens is 1. The molecule has 0 aromatic carbocycles. The SMILES string of the molecule is CCc1nn(C)c(COc2cccnc2C(=O)O)c1Br. The van der Waals surface area contributed by atoms with Crippen LogP contribution < -0.4 is 4.74 Å². The van der Waals surface area contributed by atoms with Crippen LogP contribution in [0.5, 0.6) is 5.75 Å². The van der Waals surface area contributed by atoms with E-state index in [9.17, 15) is 4.79 Å². The van der Waals surface area contributed by atoms with Gasteiger partial charge >= 0.3 is 5.97 Å². The first-order valence-electron chi connectivity index (χ1n) is 6.06. The molecule has 6 nitrogen and oxygen atoms in total. The van der Waals surface area contributed by atoms with Crippen molar-refractivity contribution >= 4 is 21.9 Å². The predicted octanol–water partition coefficient (Wildman–Crippen LogP) is 2.42. The van der Waals surface area contributed by atoms with Gasteiger partial charge in [-0.25, -0.2) is 9.78 Å². The van der Waals surface area contributed by atoms with Crippen molar-refractivity contribution in [1.82, 2.24) is 14.8 Å². The van der Waals surface area contributed by atoms with Crippen LogP contribution in [0, 0.1) is 0 Å². The van der Waals surface area contributed by atoms with Crippen LogP contribution in [0.2, 0.25) is 0 Å². The number of hydrogen-bond acceptors (Lipinski definition) is 4. The minimum Gasteiger partial charge on any atom is -0.485 e. The number of aromatic carboxylic acids is 1. The average Bonchev–Trinajstić information content (AvgIpc) is 2.71. The van der Waals surface area contributed by atoms with Crippen LogP contribution in [-0.2, 0) is 20.1 Å². The maximum absolute atomic E-state index is 11.0. The number of carboxylic acid groups (broad SMARTS) is 1. The van der Waals surface area contributed by atoms with E-state index in [0.29, 0.717) is 0 Å². The average molecular weight is 340 g/mol. The summed E-state index contributed by atoms with van der Waals surface area (Å²) in [6, 6.07) is 3.22. The van der Waals surface area contributed by atoms with Gasteiger partial charge in [-0.1, -0.05) is 6.92 Å². The Bertz CT molecular complexity index is 640. The zero-order chi connectivity index (χ0) is 14.7. The molecule has 7 heteroatoms. The van der Waals surface area contributed by atoms with Crippen LogP contribution >= 0.6 is 15.9 Å². The summed E-state index contributed by atoms with van der Waals surface area (Å²) in [5, 5.41) is 13.4. The number of aromatic nitrogens is 3. The van der Waals surface area contributed by atoms with Gasteiger partial charge < -0.3 is 9.84 Å². The van der Waals surface area contributed by atoms with Crippen molar-refractivity contribution in [1.29, 1.82) is 0 Å². The van der Waals surface area contributed by atoms with Crippen molar-refractivity contribution < 1.29 is 14.6 Å². The molecule has 0 atom stereocenters. The van der Waals surface area contributed by atoms with Crippen LogP contribution in [0.1, 0.15) is 28.8 Å². The molecule has 0 spiro atoms. The standard InChI is InChI=1S/C13H14BrN3O3/c1-3-8-11(14)9(17(2)16-8)7-20-10-5-4-6-15-12(10)13(18)19/h4-6H,3,7H2,1-2H3,(H,18,19). The molecule has 0 bridgehead atoms. The predicted molar refractivity (Wildman–Crippen MR) is 75.8 cm³/mol. The largest absolute Gasteiger partial charge is 0.485 e. The van der Waals surface area contributed by atoms with E-state index in [0.717, 1.165) is 22.3 Å². The van der Waals surface area contributed by atoms with Crippen LogP contribution in [-0.4, -0.2) is 25.8 Å². The Morgan fingerprint density at radius 1 is 1.55 bits per heavy atom. The second kappa shape index (κ2) is 6.04. The van der Waals surface area contributed by atoms with Gasteiger partial charge in [-0.05, 0) is 34.5 Å². The molecule has 0 fully saturated rings. The molecule has 0 saturated heterocycles. The van der Waals surface area contributed by atoms with Crippen molar-refractivity contribution in [3.8, 4) is 5.75 Å². The minimum atomic E-state index is -1.11. The van der Waals surface area contributed by atoms with Gasteiger partial charge in [0, 0.05) is 13.2 Å². The van der Waals surface area contributed by atoms with Gasteiger partial charge in [0.15, 0.2) is 11.4 Å². The van der Waals surface area contributed by atoms with Crippen molar-refractivity contribution in [2.24, 2.45) is 7.05 Å². The molecule has 0 unspecified atom stereocenters. The lowest BCUT2D eigenvalue weighted by Crippen LogP contribution is -2.08.